The van der Waals surface area contributed by atoms with Gasteiger partial charge in [0.25, 0.3) is 0 Å². The van der Waals surface area contributed by atoms with Crippen molar-refractivity contribution >= 4 is 6.98 Å². The summed E-state index contributed by atoms with van der Waals surface area (Å²) in [4.78, 5) is 0. The molecule has 0 aliphatic rings. The number of ether oxygens (including phenoxy) is 1. The molecule has 0 aromatic heterocycles. The molecular weight excluding hydrogens is 231 g/mol. The number of unbranched alkanes of at least 4 members (excludes halogenated alkanes) is 5. The molecule has 0 amide bonds. The Morgan fingerprint density at radius 2 is 1.47 bits per heavy atom. The predicted octanol–water partition coefficient (Wildman–Crippen LogP) is 0.754. The second kappa shape index (κ2) is 11.9. The van der Waals surface area contributed by atoms with Crippen LogP contribution in [0, 0.1) is 0 Å². The van der Waals surface area contributed by atoms with Gasteiger partial charge in [-0.15, -0.1) is 0 Å². The topological polar surface area (TPSA) is 9.23 Å². The van der Waals surface area contributed by atoms with E-state index in [2.05, 4.69) is 11.7 Å². The Hall–Kier alpha value is 1.45. The molecule has 6 heteroatoms. The van der Waals surface area contributed by atoms with Crippen LogP contribution < -0.4 is 51.4 Å². The summed E-state index contributed by atoms with van der Waals surface area (Å²) >= 11 is 0. The van der Waals surface area contributed by atoms with E-state index in [0.717, 1.165) is 19.3 Å². The van der Waals surface area contributed by atoms with Crippen molar-refractivity contribution in [2.75, 3.05) is 13.1 Å². The van der Waals surface area contributed by atoms with Crippen LogP contribution in [-0.4, -0.2) is 20.1 Å². The van der Waals surface area contributed by atoms with Crippen LogP contribution in [0.2, 0.25) is 0 Å². The molecule has 0 radical (unpaired) electrons. The van der Waals surface area contributed by atoms with Gasteiger partial charge in [-0.05, 0) is 6.42 Å². The summed E-state index contributed by atoms with van der Waals surface area (Å²) in [5.41, 5.74) is 0. The Morgan fingerprint density at radius 3 is 2.00 bits per heavy atom. The second-order valence-corrected chi connectivity index (χ2v) is 3.55. The van der Waals surface area contributed by atoms with Crippen molar-refractivity contribution in [3.05, 3.63) is 0 Å². The zero-order valence-corrected chi connectivity index (χ0v) is 12.9. The maximum Gasteiger partial charge on any atom is 1.00 e. The monoisotopic (exact) mass is 250 g/mol. The van der Waals surface area contributed by atoms with E-state index < -0.39 is 13.5 Å². The normalized spacial score (nSPS) is 11.2. The Labute approximate surface area is 133 Å². The molecule has 0 spiro atoms. The molecule has 86 valence electrons. The average molecular weight is 250 g/mol. The van der Waals surface area contributed by atoms with Gasteiger partial charge < -0.3 is 17.7 Å². The molecule has 0 unspecified atom stereocenters. The van der Waals surface area contributed by atoms with E-state index in [1.165, 1.54) is 19.3 Å². The van der Waals surface area contributed by atoms with Crippen molar-refractivity contribution in [1.29, 1.82) is 0 Å². The van der Waals surface area contributed by atoms with Gasteiger partial charge in [-0.25, -0.2) is 0 Å². The van der Waals surface area contributed by atoms with Gasteiger partial charge in [0.2, 0.25) is 0 Å². The van der Waals surface area contributed by atoms with E-state index in [0.29, 0.717) is 0 Å². The smallest absolute Gasteiger partial charge is 0.447 e. The summed E-state index contributed by atoms with van der Waals surface area (Å²) in [5.74, 6) is 0. The molecule has 0 saturated heterocycles. The molecule has 1 nitrogen and oxygen atoms in total. The first-order valence-corrected chi connectivity index (χ1v) is 5.35. The van der Waals surface area contributed by atoms with E-state index in [4.69, 9.17) is 0 Å². The van der Waals surface area contributed by atoms with Gasteiger partial charge in [0.15, 0.2) is 0 Å². The van der Waals surface area contributed by atoms with E-state index in [1.807, 2.05) is 0 Å². The fraction of sp³-hybridized carbons (Fsp3) is 1.00. The number of hydrogen-bond acceptors (Lipinski definition) is 1. The quantitative estimate of drug-likeness (QED) is 0.433. The summed E-state index contributed by atoms with van der Waals surface area (Å²) in [6.07, 6.45) is 6.41. The molecule has 0 aromatic rings. The first-order chi connectivity index (χ1) is 6.56. The maximum absolute atomic E-state index is 11.7. The summed E-state index contributed by atoms with van der Waals surface area (Å²) < 4.78 is 39.5. The third-order valence-corrected chi connectivity index (χ3v) is 1.95. The molecule has 0 rings (SSSR count). The zero-order chi connectivity index (χ0) is 10.9. The standard InChI is InChI=1S/C9H19BF3O.K/c1-2-3-4-5-6-7-8-14-9-10(11,12)13;/h2-9H2,1H3;/q-1;+1. The molecule has 15 heavy (non-hydrogen) atoms. The van der Waals surface area contributed by atoms with Gasteiger partial charge in [0, 0.05) is 13.1 Å². The first kappa shape index (κ1) is 18.8. The molecule has 0 bridgehead atoms. The van der Waals surface area contributed by atoms with Crippen LogP contribution in [0.5, 0.6) is 0 Å². The Morgan fingerprint density at radius 1 is 0.933 bits per heavy atom. The van der Waals surface area contributed by atoms with Crippen LogP contribution in [0.25, 0.3) is 0 Å². The van der Waals surface area contributed by atoms with Gasteiger partial charge in [-0.3, -0.25) is 0 Å². The van der Waals surface area contributed by atoms with Crippen LogP contribution in [0.3, 0.4) is 0 Å². The van der Waals surface area contributed by atoms with E-state index in [9.17, 15) is 12.9 Å². The summed E-state index contributed by atoms with van der Waals surface area (Å²) in [5, 5.41) is 0. The van der Waals surface area contributed by atoms with Crippen molar-refractivity contribution < 1.29 is 69.1 Å². The van der Waals surface area contributed by atoms with E-state index >= 15 is 0 Å². The molecule has 0 fully saturated rings. The minimum Gasteiger partial charge on any atom is -0.447 e. The van der Waals surface area contributed by atoms with E-state index in [-0.39, 0.29) is 58.0 Å². The molecule has 0 heterocycles. The van der Waals surface area contributed by atoms with Crippen molar-refractivity contribution in [3.8, 4) is 0 Å². The minimum atomic E-state index is -4.76. The van der Waals surface area contributed by atoms with Crippen molar-refractivity contribution in [1.82, 2.24) is 0 Å². The van der Waals surface area contributed by atoms with Crippen molar-refractivity contribution in [2.24, 2.45) is 0 Å². The molecule has 0 N–H and O–H groups in total. The second-order valence-electron chi connectivity index (χ2n) is 3.55. The summed E-state index contributed by atoms with van der Waals surface area (Å²) in [7, 11) is 0. The Bertz CT molecular complexity index is 133. The van der Waals surface area contributed by atoms with Crippen LogP contribution in [0.15, 0.2) is 0 Å². The average Bonchev–Trinajstić information content (AvgIpc) is 2.08. The molecule has 0 saturated carbocycles. The molecule has 0 aliphatic heterocycles. The molecule has 0 aliphatic carbocycles. The third kappa shape index (κ3) is 18.0. The Balaban J connectivity index is 0. The maximum atomic E-state index is 11.7. The van der Waals surface area contributed by atoms with Gasteiger partial charge in [0.1, 0.15) is 0 Å². The number of halogens is 3. The number of rotatable bonds is 9. The van der Waals surface area contributed by atoms with Crippen molar-refractivity contribution in [2.45, 2.75) is 45.4 Å². The third-order valence-electron chi connectivity index (χ3n) is 1.95. The van der Waals surface area contributed by atoms with Crippen molar-refractivity contribution in [3.63, 3.8) is 0 Å². The predicted molar refractivity (Wildman–Crippen MR) is 53.3 cm³/mol. The zero-order valence-electron chi connectivity index (χ0n) is 9.78. The van der Waals surface area contributed by atoms with E-state index in [1.54, 1.807) is 0 Å². The Kier molecular flexibility index (Phi) is 14.9. The first-order valence-electron chi connectivity index (χ1n) is 5.35. The van der Waals surface area contributed by atoms with Gasteiger partial charge in [-0.1, -0.05) is 39.0 Å². The molecule has 0 atom stereocenters. The minimum absolute atomic E-state index is 0. The number of hydrogen-bond donors (Lipinski definition) is 0. The van der Waals surface area contributed by atoms with Gasteiger partial charge in [0.05, 0.1) is 0 Å². The van der Waals surface area contributed by atoms with Crippen LogP contribution in [-0.2, 0) is 4.74 Å². The largest absolute Gasteiger partial charge is 1.00 e. The summed E-state index contributed by atoms with van der Waals surface area (Å²) in [6, 6.07) is 0. The van der Waals surface area contributed by atoms with Crippen LogP contribution in [0.1, 0.15) is 45.4 Å². The van der Waals surface area contributed by atoms with Crippen LogP contribution in [0.4, 0.5) is 12.9 Å². The fourth-order valence-corrected chi connectivity index (χ4v) is 1.20. The SMILES string of the molecule is CCCCCCCCOC[B-](F)(F)F.[K+]. The van der Waals surface area contributed by atoms with Gasteiger partial charge >= 0.3 is 58.4 Å². The molecule has 0 aromatic carbocycles. The van der Waals surface area contributed by atoms with Crippen LogP contribution >= 0.6 is 0 Å². The van der Waals surface area contributed by atoms with Gasteiger partial charge in [-0.2, -0.15) is 0 Å². The summed E-state index contributed by atoms with van der Waals surface area (Å²) in [6.45, 7) is -3.43. The fourth-order valence-electron chi connectivity index (χ4n) is 1.20. The molecular formula is C9H19BF3KO.